The number of nitro groups is 1. The Labute approximate surface area is 152 Å². The van der Waals surface area contributed by atoms with Crippen molar-refractivity contribution >= 4 is 35.0 Å². The van der Waals surface area contributed by atoms with Crippen LogP contribution in [0, 0.1) is 21.4 Å². The Balaban J connectivity index is 1.85. The summed E-state index contributed by atoms with van der Waals surface area (Å²) in [5.41, 5.74) is 0.165. The summed E-state index contributed by atoms with van der Waals surface area (Å²) in [6, 6.07) is 10.4. The number of anilines is 1. The first-order valence-electron chi connectivity index (χ1n) is 7.24. The van der Waals surface area contributed by atoms with Gasteiger partial charge in [-0.25, -0.2) is 0 Å². The lowest BCUT2D eigenvalue weighted by Gasteiger charge is -2.06. The first kappa shape index (κ1) is 17.3. The van der Waals surface area contributed by atoms with Crippen LogP contribution < -0.4 is 14.8 Å². The quantitative estimate of drug-likeness (QED) is 0.380. The Bertz CT molecular complexity index is 981. The molecule has 0 saturated heterocycles. The van der Waals surface area contributed by atoms with Gasteiger partial charge in [0.15, 0.2) is 11.5 Å². The van der Waals surface area contributed by atoms with E-state index in [1.54, 1.807) is 24.3 Å². The summed E-state index contributed by atoms with van der Waals surface area (Å²) in [5, 5.41) is 22.6. The zero-order valence-corrected chi connectivity index (χ0v) is 13.8. The number of nitrogens with one attached hydrogen (secondary N) is 1. The molecule has 9 heteroatoms. The fraction of sp³-hybridized carbons (Fsp3) is 0.0588. The van der Waals surface area contributed by atoms with E-state index in [1.807, 2.05) is 0 Å². The molecule has 0 radical (unpaired) electrons. The SMILES string of the molecule is N#CC(=Cc1ccc2c(c1)OCO2)C(=O)Nc1cc([N+](=O)[O-])ccc1Cl. The van der Waals surface area contributed by atoms with Gasteiger partial charge in [-0.15, -0.1) is 0 Å². The standard InChI is InChI=1S/C17H10ClN3O5/c18-13-3-2-12(21(23)24)7-14(13)20-17(22)11(8-19)5-10-1-4-15-16(6-10)26-9-25-15/h1-7H,9H2,(H,20,22). The first-order chi connectivity index (χ1) is 12.5. The minimum Gasteiger partial charge on any atom is -0.454 e. The normalized spacial score (nSPS) is 12.4. The zero-order valence-electron chi connectivity index (χ0n) is 13.1. The first-order valence-corrected chi connectivity index (χ1v) is 7.62. The van der Waals surface area contributed by atoms with Gasteiger partial charge in [-0.2, -0.15) is 5.26 Å². The molecule has 0 fully saturated rings. The lowest BCUT2D eigenvalue weighted by molar-refractivity contribution is -0.384. The van der Waals surface area contributed by atoms with Gasteiger partial charge in [0.2, 0.25) is 6.79 Å². The molecule has 0 bridgehead atoms. The highest BCUT2D eigenvalue weighted by atomic mass is 35.5. The molecule has 1 aliphatic rings. The second-order valence-electron chi connectivity index (χ2n) is 5.16. The molecule has 2 aromatic carbocycles. The molecule has 0 saturated carbocycles. The van der Waals surface area contributed by atoms with Crippen LogP contribution >= 0.6 is 11.6 Å². The van der Waals surface area contributed by atoms with E-state index < -0.39 is 10.8 Å². The van der Waals surface area contributed by atoms with Crippen molar-refractivity contribution in [3.63, 3.8) is 0 Å². The molecule has 0 aromatic heterocycles. The third kappa shape index (κ3) is 3.58. The van der Waals surface area contributed by atoms with E-state index in [1.165, 1.54) is 18.2 Å². The highest BCUT2D eigenvalue weighted by molar-refractivity contribution is 6.34. The Hall–Kier alpha value is -3.57. The highest BCUT2D eigenvalue weighted by Crippen LogP contribution is 2.33. The fourth-order valence-electron chi connectivity index (χ4n) is 2.23. The van der Waals surface area contributed by atoms with E-state index in [9.17, 15) is 20.2 Å². The van der Waals surface area contributed by atoms with E-state index in [4.69, 9.17) is 21.1 Å². The summed E-state index contributed by atoms with van der Waals surface area (Å²) in [4.78, 5) is 22.6. The number of nitro benzene ring substituents is 1. The molecule has 0 spiro atoms. The number of non-ortho nitro benzene ring substituents is 1. The fourth-order valence-corrected chi connectivity index (χ4v) is 2.40. The number of rotatable bonds is 4. The zero-order chi connectivity index (χ0) is 18.7. The number of carbonyl (C=O) groups is 1. The van der Waals surface area contributed by atoms with Gasteiger partial charge in [0.25, 0.3) is 11.6 Å². The number of amides is 1. The predicted molar refractivity (Wildman–Crippen MR) is 92.9 cm³/mol. The molecule has 0 unspecified atom stereocenters. The summed E-state index contributed by atoms with van der Waals surface area (Å²) in [5.74, 6) is 0.347. The Morgan fingerprint density at radius 3 is 2.77 bits per heavy atom. The van der Waals surface area contributed by atoms with Crippen LogP contribution in [0.2, 0.25) is 5.02 Å². The Kier molecular flexibility index (Phi) is 4.73. The monoisotopic (exact) mass is 371 g/mol. The maximum absolute atomic E-state index is 12.3. The van der Waals surface area contributed by atoms with Gasteiger partial charge in [0, 0.05) is 12.1 Å². The molecular weight excluding hydrogens is 362 g/mol. The van der Waals surface area contributed by atoms with E-state index in [-0.39, 0.29) is 28.8 Å². The second-order valence-corrected chi connectivity index (χ2v) is 5.57. The summed E-state index contributed by atoms with van der Waals surface area (Å²) in [6.45, 7) is 0.110. The molecule has 26 heavy (non-hydrogen) atoms. The van der Waals surface area contributed by atoms with Crippen molar-refractivity contribution in [2.75, 3.05) is 12.1 Å². The number of nitriles is 1. The van der Waals surface area contributed by atoms with Crippen LogP contribution in [0.25, 0.3) is 6.08 Å². The van der Waals surface area contributed by atoms with Gasteiger partial charge in [-0.3, -0.25) is 14.9 Å². The molecule has 1 aliphatic heterocycles. The number of benzene rings is 2. The van der Waals surface area contributed by atoms with Crippen LogP contribution in [-0.2, 0) is 4.79 Å². The van der Waals surface area contributed by atoms with Crippen molar-refractivity contribution in [3.05, 3.63) is 62.7 Å². The smallest absolute Gasteiger partial charge is 0.271 e. The van der Waals surface area contributed by atoms with Crippen LogP contribution in [-0.4, -0.2) is 17.6 Å². The highest BCUT2D eigenvalue weighted by Gasteiger charge is 2.16. The van der Waals surface area contributed by atoms with Gasteiger partial charge in [0.1, 0.15) is 11.6 Å². The molecule has 0 aliphatic carbocycles. The molecule has 8 nitrogen and oxygen atoms in total. The minimum absolute atomic E-state index is 0.0395. The Morgan fingerprint density at radius 2 is 2.04 bits per heavy atom. The van der Waals surface area contributed by atoms with Gasteiger partial charge in [0.05, 0.1) is 15.6 Å². The predicted octanol–water partition coefficient (Wildman–Crippen LogP) is 3.52. The number of fused-ring (bicyclic) bond motifs is 1. The molecule has 3 rings (SSSR count). The van der Waals surface area contributed by atoms with E-state index in [0.717, 1.165) is 6.07 Å². The van der Waals surface area contributed by atoms with Crippen molar-refractivity contribution < 1.29 is 19.2 Å². The van der Waals surface area contributed by atoms with E-state index in [0.29, 0.717) is 17.1 Å². The maximum atomic E-state index is 12.3. The van der Waals surface area contributed by atoms with Crippen LogP contribution in [0.5, 0.6) is 11.5 Å². The number of carbonyl (C=O) groups excluding carboxylic acids is 1. The van der Waals surface area contributed by atoms with E-state index >= 15 is 0 Å². The molecule has 0 atom stereocenters. The van der Waals surface area contributed by atoms with Crippen molar-refractivity contribution in [1.29, 1.82) is 5.26 Å². The van der Waals surface area contributed by atoms with Crippen LogP contribution in [0.4, 0.5) is 11.4 Å². The van der Waals surface area contributed by atoms with Crippen molar-refractivity contribution in [3.8, 4) is 17.6 Å². The van der Waals surface area contributed by atoms with Gasteiger partial charge in [-0.1, -0.05) is 17.7 Å². The summed E-state index contributed by atoms with van der Waals surface area (Å²) in [7, 11) is 0. The topological polar surface area (TPSA) is 114 Å². The molecule has 2 aromatic rings. The van der Waals surface area contributed by atoms with Crippen molar-refractivity contribution in [1.82, 2.24) is 0 Å². The number of hydrogen-bond acceptors (Lipinski definition) is 6. The molecular formula is C17H10ClN3O5. The molecule has 1 heterocycles. The van der Waals surface area contributed by atoms with Gasteiger partial charge >= 0.3 is 0 Å². The number of nitrogens with zero attached hydrogens (tertiary/aromatic N) is 2. The average molecular weight is 372 g/mol. The third-order valence-corrected chi connectivity index (χ3v) is 3.81. The van der Waals surface area contributed by atoms with Crippen molar-refractivity contribution in [2.45, 2.75) is 0 Å². The Morgan fingerprint density at radius 1 is 1.27 bits per heavy atom. The van der Waals surface area contributed by atoms with E-state index in [2.05, 4.69) is 5.32 Å². The minimum atomic E-state index is -0.743. The van der Waals surface area contributed by atoms with Gasteiger partial charge < -0.3 is 14.8 Å². The third-order valence-electron chi connectivity index (χ3n) is 3.48. The van der Waals surface area contributed by atoms with Gasteiger partial charge in [-0.05, 0) is 29.8 Å². The second kappa shape index (κ2) is 7.13. The number of halogens is 1. The molecule has 1 amide bonds. The number of hydrogen-bond donors (Lipinski definition) is 1. The lowest BCUT2D eigenvalue weighted by Crippen LogP contribution is -2.14. The average Bonchev–Trinajstić information content (AvgIpc) is 3.08. The maximum Gasteiger partial charge on any atom is 0.271 e. The molecule has 130 valence electrons. The lowest BCUT2D eigenvalue weighted by atomic mass is 10.1. The van der Waals surface area contributed by atoms with Crippen LogP contribution in [0.1, 0.15) is 5.56 Å². The van der Waals surface area contributed by atoms with Crippen LogP contribution in [0.3, 0.4) is 0 Å². The largest absolute Gasteiger partial charge is 0.454 e. The summed E-state index contributed by atoms with van der Waals surface area (Å²) >= 11 is 5.95. The summed E-state index contributed by atoms with van der Waals surface area (Å²) < 4.78 is 10.4. The van der Waals surface area contributed by atoms with Crippen LogP contribution in [0.15, 0.2) is 42.0 Å². The number of ether oxygens (including phenoxy) is 2. The van der Waals surface area contributed by atoms with Crippen molar-refractivity contribution in [2.24, 2.45) is 0 Å². The molecule has 1 N–H and O–H groups in total. The summed E-state index contributed by atoms with van der Waals surface area (Å²) in [6.07, 6.45) is 1.36.